The molecule has 0 spiro atoms. The van der Waals surface area contributed by atoms with Crippen LogP contribution < -0.4 is 0 Å². The molecular weight excluding hydrogens is 252 g/mol. The maximum Gasteiger partial charge on any atom is 0.0798 e. The molecule has 0 bridgehead atoms. The van der Waals surface area contributed by atoms with Crippen molar-refractivity contribution in [2.75, 3.05) is 0 Å². The van der Waals surface area contributed by atoms with Gasteiger partial charge in [0.15, 0.2) is 0 Å². The summed E-state index contributed by atoms with van der Waals surface area (Å²) < 4.78 is 0. The van der Waals surface area contributed by atoms with Crippen molar-refractivity contribution in [1.29, 1.82) is 0 Å². The van der Waals surface area contributed by atoms with E-state index in [1.807, 2.05) is 25.1 Å². The number of aliphatic hydroxyl groups excluding tert-OH is 1. The molecular formula is C17H20OS. The highest BCUT2D eigenvalue weighted by atomic mass is 32.2. The molecule has 2 aromatic rings. The van der Waals surface area contributed by atoms with E-state index in [4.69, 9.17) is 0 Å². The number of hydrogen-bond acceptors (Lipinski definition) is 2. The zero-order valence-corrected chi connectivity index (χ0v) is 12.5. The molecule has 0 amide bonds. The number of hydrogen-bond donors (Lipinski definition) is 1. The minimum absolute atomic E-state index is 0.379. The molecule has 0 saturated heterocycles. The molecule has 2 rings (SSSR count). The number of rotatable bonds is 4. The first-order valence-corrected chi connectivity index (χ1v) is 7.45. The first kappa shape index (κ1) is 14.2. The van der Waals surface area contributed by atoms with E-state index in [1.165, 1.54) is 16.0 Å². The van der Waals surface area contributed by atoms with E-state index in [9.17, 15) is 5.11 Å². The predicted octanol–water partition coefficient (Wildman–Crippen LogP) is 4.90. The van der Waals surface area contributed by atoms with Gasteiger partial charge in [-0.1, -0.05) is 43.0 Å². The lowest BCUT2D eigenvalue weighted by molar-refractivity contribution is 0.171. The van der Waals surface area contributed by atoms with Crippen molar-refractivity contribution in [2.24, 2.45) is 0 Å². The smallest absolute Gasteiger partial charge is 0.0798 e. The highest BCUT2D eigenvalue weighted by Gasteiger charge is 2.11. The Balaban J connectivity index is 2.30. The van der Waals surface area contributed by atoms with Crippen LogP contribution in [0.3, 0.4) is 0 Å². The average molecular weight is 272 g/mol. The first-order valence-electron chi connectivity index (χ1n) is 6.64. The molecule has 1 unspecified atom stereocenters. The highest BCUT2D eigenvalue weighted by Crippen LogP contribution is 2.34. The second-order valence-corrected chi connectivity index (χ2v) is 5.93. The lowest BCUT2D eigenvalue weighted by atomic mass is 10.1. The number of aryl methyl sites for hydroxylation is 2. The van der Waals surface area contributed by atoms with Gasteiger partial charge < -0.3 is 5.11 Å². The van der Waals surface area contributed by atoms with Crippen molar-refractivity contribution in [1.82, 2.24) is 0 Å². The average Bonchev–Trinajstić information content (AvgIpc) is 2.43. The Morgan fingerprint density at radius 2 is 1.79 bits per heavy atom. The third kappa shape index (κ3) is 3.40. The van der Waals surface area contributed by atoms with Gasteiger partial charge >= 0.3 is 0 Å². The van der Waals surface area contributed by atoms with Gasteiger partial charge in [0.25, 0.3) is 0 Å². The molecule has 1 atom stereocenters. The molecule has 0 fully saturated rings. The van der Waals surface area contributed by atoms with Crippen molar-refractivity contribution in [3.8, 4) is 0 Å². The zero-order chi connectivity index (χ0) is 13.8. The van der Waals surface area contributed by atoms with E-state index in [1.54, 1.807) is 11.8 Å². The van der Waals surface area contributed by atoms with Gasteiger partial charge in [-0.25, -0.2) is 0 Å². The fourth-order valence-electron chi connectivity index (χ4n) is 1.97. The zero-order valence-electron chi connectivity index (χ0n) is 11.7. The van der Waals surface area contributed by atoms with Gasteiger partial charge in [-0.2, -0.15) is 0 Å². The molecule has 2 heteroatoms. The Hall–Kier alpha value is -1.25. The molecule has 19 heavy (non-hydrogen) atoms. The van der Waals surface area contributed by atoms with Gasteiger partial charge in [0.2, 0.25) is 0 Å². The largest absolute Gasteiger partial charge is 0.388 e. The van der Waals surface area contributed by atoms with Crippen molar-refractivity contribution >= 4 is 11.8 Å². The standard InChI is InChI=1S/C17H20OS/c1-4-16(18)15-7-5-6-8-17(15)19-14-10-9-12(2)13(3)11-14/h5-11,16,18H,4H2,1-3H3. The third-order valence-corrected chi connectivity index (χ3v) is 4.45. The van der Waals surface area contributed by atoms with Crippen LogP contribution in [0.5, 0.6) is 0 Å². The minimum atomic E-state index is -0.379. The summed E-state index contributed by atoms with van der Waals surface area (Å²) >= 11 is 1.72. The van der Waals surface area contributed by atoms with E-state index in [-0.39, 0.29) is 6.10 Å². The molecule has 0 aliphatic heterocycles. The Kier molecular flexibility index (Phi) is 4.67. The second kappa shape index (κ2) is 6.27. The van der Waals surface area contributed by atoms with Gasteiger partial charge in [0.05, 0.1) is 6.10 Å². The first-order chi connectivity index (χ1) is 9.11. The quantitative estimate of drug-likeness (QED) is 0.854. The lowest BCUT2D eigenvalue weighted by Crippen LogP contribution is -1.97. The second-order valence-electron chi connectivity index (χ2n) is 4.81. The maximum atomic E-state index is 10.1. The monoisotopic (exact) mass is 272 g/mol. The van der Waals surface area contributed by atoms with Crippen LogP contribution in [0.15, 0.2) is 52.3 Å². The van der Waals surface area contributed by atoms with E-state index >= 15 is 0 Å². The summed E-state index contributed by atoms with van der Waals surface area (Å²) in [6, 6.07) is 14.6. The Labute approximate surface area is 119 Å². The molecule has 0 aliphatic carbocycles. The van der Waals surface area contributed by atoms with Crippen molar-refractivity contribution < 1.29 is 5.11 Å². The highest BCUT2D eigenvalue weighted by molar-refractivity contribution is 7.99. The van der Waals surface area contributed by atoms with Gasteiger partial charge in [-0.3, -0.25) is 0 Å². The summed E-state index contributed by atoms with van der Waals surface area (Å²) in [7, 11) is 0. The van der Waals surface area contributed by atoms with Crippen LogP contribution in [-0.2, 0) is 0 Å². The summed E-state index contributed by atoms with van der Waals surface area (Å²) in [4.78, 5) is 2.36. The van der Waals surface area contributed by atoms with Crippen LogP contribution in [-0.4, -0.2) is 5.11 Å². The minimum Gasteiger partial charge on any atom is -0.388 e. The van der Waals surface area contributed by atoms with Crippen LogP contribution in [0.2, 0.25) is 0 Å². The van der Waals surface area contributed by atoms with E-state index in [0.29, 0.717) is 0 Å². The van der Waals surface area contributed by atoms with E-state index in [2.05, 4.69) is 38.1 Å². The number of benzene rings is 2. The normalized spacial score (nSPS) is 12.4. The van der Waals surface area contributed by atoms with Crippen LogP contribution in [0, 0.1) is 13.8 Å². The van der Waals surface area contributed by atoms with Crippen molar-refractivity contribution in [2.45, 2.75) is 43.1 Å². The van der Waals surface area contributed by atoms with Crippen LogP contribution in [0.25, 0.3) is 0 Å². The number of aliphatic hydroxyl groups is 1. The fraction of sp³-hybridized carbons (Fsp3) is 0.294. The summed E-state index contributed by atoms with van der Waals surface area (Å²) in [5, 5.41) is 10.1. The molecule has 0 heterocycles. The predicted molar refractivity (Wildman–Crippen MR) is 81.7 cm³/mol. The van der Waals surface area contributed by atoms with Gasteiger partial charge in [-0.15, -0.1) is 0 Å². The molecule has 2 aromatic carbocycles. The Morgan fingerprint density at radius 3 is 2.47 bits per heavy atom. The molecule has 100 valence electrons. The summed E-state index contributed by atoms with van der Waals surface area (Å²) in [6.45, 7) is 6.26. The lowest BCUT2D eigenvalue weighted by Gasteiger charge is -2.14. The van der Waals surface area contributed by atoms with Crippen molar-refractivity contribution in [3.63, 3.8) is 0 Å². The van der Waals surface area contributed by atoms with Gasteiger partial charge in [-0.05, 0) is 55.2 Å². The van der Waals surface area contributed by atoms with Crippen LogP contribution >= 0.6 is 11.8 Å². The summed E-state index contributed by atoms with van der Waals surface area (Å²) in [5.41, 5.74) is 3.64. The van der Waals surface area contributed by atoms with Crippen LogP contribution in [0.4, 0.5) is 0 Å². The van der Waals surface area contributed by atoms with Gasteiger partial charge in [0.1, 0.15) is 0 Å². The third-order valence-electron chi connectivity index (χ3n) is 3.37. The summed E-state index contributed by atoms with van der Waals surface area (Å²) in [6.07, 6.45) is 0.361. The Morgan fingerprint density at radius 1 is 1.05 bits per heavy atom. The summed E-state index contributed by atoms with van der Waals surface area (Å²) in [5.74, 6) is 0. The molecule has 0 radical (unpaired) electrons. The SMILES string of the molecule is CCC(O)c1ccccc1Sc1ccc(C)c(C)c1. The molecule has 1 nitrogen and oxygen atoms in total. The van der Waals surface area contributed by atoms with E-state index < -0.39 is 0 Å². The molecule has 0 saturated carbocycles. The van der Waals surface area contributed by atoms with E-state index in [0.717, 1.165) is 16.9 Å². The van der Waals surface area contributed by atoms with Crippen molar-refractivity contribution in [3.05, 3.63) is 59.2 Å². The molecule has 1 N–H and O–H groups in total. The van der Waals surface area contributed by atoms with Crippen LogP contribution in [0.1, 0.15) is 36.1 Å². The molecule has 0 aromatic heterocycles. The fourth-order valence-corrected chi connectivity index (χ4v) is 3.07. The molecule has 0 aliphatic rings. The maximum absolute atomic E-state index is 10.1. The topological polar surface area (TPSA) is 20.2 Å². The van der Waals surface area contributed by atoms with Gasteiger partial charge in [0, 0.05) is 9.79 Å². The Bertz CT molecular complexity index is 563.